The number of carbonyl (C=O) groups is 1. The van der Waals surface area contributed by atoms with Crippen LogP contribution in [0.2, 0.25) is 5.02 Å². The SMILES string of the molecule is CC1CCCCC1Nc1nccc(C(=O)O)c1Cl. The van der Waals surface area contributed by atoms with Gasteiger partial charge >= 0.3 is 5.97 Å². The number of nitrogens with zero attached hydrogens (tertiary/aromatic N) is 1. The average molecular weight is 269 g/mol. The summed E-state index contributed by atoms with van der Waals surface area (Å²) in [6, 6.07) is 1.74. The molecule has 2 N–H and O–H groups in total. The zero-order valence-corrected chi connectivity index (χ0v) is 11.1. The molecule has 2 unspecified atom stereocenters. The number of halogens is 1. The normalized spacial score (nSPS) is 23.7. The highest BCUT2D eigenvalue weighted by Crippen LogP contribution is 2.30. The molecular weight excluding hydrogens is 252 g/mol. The lowest BCUT2D eigenvalue weighted by molar-refractivity contribution is 0.0697. The molecule has 0 amide bonds. The lowest BCUT2D eigenvalue weighted by Crippen LogP contribution is -2.30. The highest BCUT2D eigenvalue weighted by atomic mass is 35.5. The molecule has 1 aliphatic carbocycles. The molecule has 0 saturated heterocycles. The highest BCUT2D eigenvalue weighted by Gasteiger charge is 2.23. The van der Waals surface area contributed by atoms with Gasteiger partial charge in [0.1, 0.15) is 5.82 Å². The van der Waals surface area contributed by atoms with E-state index in [9.17, 15) is 4.79 Å². The maximum absolute atomic E-state index is 11.0. The molecule has 1 saturated carbocycles. The number of hydrogen-bond acceptors (Lipinski definition) is 3. The number of carboxylic acids is 1. The minimum Gasteiger partial charge on any atom is -0.478 e. The average Bonchev–Trinajstić information content (AvgIpc) is 2.34. The molecule has 1 aromatic heterocycles. The Kier molecular flexibility index (Phi) is 4.07. The van der Waals surface area contributed by atoms with E-state index in [2.05, 4.69) is 17.2 Å². The van der Waals surface area contributed by atoms with Crippen LogP contribution in [0.3, 0.4) is 0 Å². The quantitative estimate of drug-likeness (QED) is 0.882. The van der Waals surface area contributed by atoms with Crippen LogP contribution in [0, 0.1) is 5.92 Å². The van der Waals surface area contributed by atoms with E-state index in [1.165, 1.54) is 31.5 Å². The predicted molar refractivity (Wildman–Crippen MR) is 71.2 cm³/mol. The van der Waals surface area contributed by atoms with Crippen LogP contribution in [0.5, 0.6) is 0 Å². The van der Waals surface area contributed by atoms with E-state index in [1.807, 2.05) is 0 Å². The van der Waals surface area contributed by atoms with Crippen LogP contribution < -0.4 is 5.32 Å². The number of anilines is 1. The van der Waals surface area contributed by atoms with Gasteiger partial charge in [0.2, 0.25) is 0 Å². The van der Waals surface area contributed by atoms with Crippen molar-refractivity contribution in [3.8, 4) is 0 Å². The van der Waals surface area contributed by atoms with E-state index in [-0.39, 0.29) is 10.6 Å². The van der Waals surface area contributed by atoms with Crippen LogP contribution in [0.15, 0.2) is 12.3 Å². The number of pyridine rings is 1. The van der Waals surface area contributed by atoms with Crippen molar-refractivity contribution in [1.29, 1.82) is 0 Å². The standard InChI is InChI=1S/C13H17ClN2O2/c1-8-4-2-3-5-10(8)16-12-11(14)9(13(17)18)6-7-15-12/h6-8,10H,2-5H2,1H3,(H,15,16)(H,17,18). The number of aromatic carboxylic acids is 1. The molecule has 0 aromatic carbocycles. The van der Waals surface area contributed by atoms with Crippen molar-refractivity contribution in [2.24, 2.45) is 5.92 Å². The smallest absolute Gasteiger partial charge is 0.337 e. The molecule has 1 aliphatic rings. The van der Waals surface area contributed by atoms with Crippen LogP contribution in [0.25, 0.3) is 0 Å². The molecular formula is C13H17ClN2O2. The molecule has 2 rings (SSSR count). The van der Waals surface area contributed by atoms with Gasteiger partial charge < -0.3 is 10.4 Å². The molecule has 0 aliphatic heterocycles. The fourth-order valence-electron chi connectivity index (χ4n) is 2.42. The molecule has 4 nitrogen and oxygen atoms in total. The fourth-order valence-corrected chi connectivity index (χ4v) is 2.66. The minimum atomic E-state index is -1.03. The van der Waals surface area contributed by atoms with E-state index in [0.29, 0.717) is 17.8 Å². The maximum atomic E-state index is 11.0. The molecule has 1 heterocycles. The molecule has 1 fully saturated rings. The van der Waals surface area contributed by atoms with Crippen molar-refractivity contribution in [1.82, 2.24) is 4.98 Å². The van der Waals surface area contributed by atoms with Gasteiger partial charge in [-0.25, -0.2) is 9.78 Å². The second-order valence-corrected chi connectivity index (χ2v) is 5.22. The van der Waals surface area contributed by atoms with E-state index in [0.717, 1.165) is 6.42 Å². The Morgan fingerprint density at radius 3 is 2.89 bits per heavy atom. The predicted octanol–water partition coefficient (Wildman–Crippen LogP) is 3.42. The summed E-state index contributed by atoms with van der Waals surface area (Å²) in [7, 11) is 0. The van der Waals surface area contributed by atoms with Crippen LogP contribution in [-0.4, -0.2) is 22.1 Å². The van der Waals surface area contributed by atoms with E-state index in [1.54, 1.807) is 0 Å². The Morgan fingerprint density at radius 2 is 2.22 bits per heavy atom. The summed E-state index contributed by atoms with van der Waals surface area (Å²) < 4.78 is 0. The summed E-state index contributed by atoms with van der Waals surface area (Å²) in [4.78, 5) is 15.1. The van der Waals surface area contributed by atoms with Crippen molar-refractivity contribution >= 4 is 23.4 Å². The van der Waals surface area contributed by atoms with Gasteiger partial charge in [0, 0.05) is 12.2 Å². The zero-order valence-electron chi connectivity index (χ0n) is 10.3. The van der Waals surface area contributed by atoms with Crippen LogP contribution in [0.1, 0.15) is 43.0 Å². The Hall–Kier alpha value is -1.29. The third kappa shape index (κ3) is 2.75. The number of rotatable bonds is 3. The second kappa shape index (κ2) is 5.57. The summed E-state index contributed by atoms with van der Waals surface area (Å²) in [5.74, 6) is 0.0163. The third-order valence-corrected chi connectivity index (χ3v) is 3.94. The first-order chi connectivity index (χ1) is 8.59. The lowest BCUT2D eigenvalue weighted by atomic mass is 9.86. The monoisotopic (exact) mass is 268 g/mol. The van der Waals surface area contributed by atoms with Crippen molar-refractivity contribution in [3.63, 3.8) is 0 Å². The van der Waals surface area contributed by atoms with Gasteiger partial charge in [0.15, 0.2) is 0 Å². The van der Waals surface area contributed by atoms with Gasteiger partial charge in [-0.15, -0.1) is 0 Å². The zero-order chi connectivity index (χ0) is 13.1. The van der Waals surface area contributed by atoms with Crippen LogP contribution in [-0.2, 0) is 0 Å². The van der Waals surface area contributed by atoms with E-state index >= 15 is 0 Å². The molecule has 5 heteroatoms. The largest absolute Gasteiger partial charge is 0.478 e. The topological polar surface area (TPSA) is 62.2 Å². The molecule has 2 atom stereocenters. The molecule has 98 valence electrons. The van der Waals surface area contributed by atoms with Crippen molar-refractivity contribution in [2.75, 3.05) is 5.32 Å². The van der Waals surface area contributed by atoms with Gasteiger partial charge in [-0.3, -0.25) is 0 Å². The molecule has 1 aromatic rings. The molecule has 0 spiro atoms. The van der Waals surface area contributed by atoms with Gasteiger partial charge in [0.05, 0.1) is 10.6 Å². The van der Waals surface area contributed by atoms with Gasteiger partial charge in [-0.1, -0.05) is 31.4 Å². The first-order valence-corrected chi connectivity index (χ1v) is 6.61. The van der Waals surface area contributed by atoms with Crippen LogP contribution in [0.4, 0.5) is 5.82 Å². The van der Waals surface area contributed by atoms with Gasteiger partial charge in [0.25, 0.3) is 0 Å². The first-order valence-electron chi connectivity index (χ1n) is 6.24. The number of carboxylic acid groups (broad SMARTS) is 1. The van der Waals surface area contributed by atoms with E-state index < -0.39 is 5.97 Å². The van der Waals surface area contributed by atoms with Crippen molar-refractivity contribution in [3.05, 3.63) is 22.8 Å². The first kappa shape index (κ1) is 13.1. The second-order valence-electron chi connectivity index (χ2n) is 4.84. The number of hydrogen-bond donors (Lipinski definition) is 2. The molecule has 0 radical (unpaired) electrons. The molecule has 0 bridgehead atoms. The lowest BCUT2D eigenvalue weighted by Gasteiger charge is -2.30. The minimum absolute atomic E-state index is 0.0950. The van der Waals surface area contributed by atoms with E-state index in [4.69, 9.17) is 16.7 Å². The maximum Gasteiger partial charge on any atom is 0.337 e. The number of nitrogens with one attached hydrogen (secondary N) is 1. The fraction of sp³-hybridized carbons (Fsp3) is 0.538. The van der Waals surface area contributed by atoms with Crippen molar-refractivity contribution < 1.29 is 9.90 Å². The summed E-state index contributed by atoms with van der Waals surface area (Å²) in [5, 5.41) is 12.5. The number of aromatic nitrogens is 1. The summed E-state index contributed by atoms with van der Waals surface area (Å²) >= 11 is 6.06. The van der Waals surface area contributed by atoms with Crippen LogP contribution >= 0.6 is 11.6 Å². The molecule has 18 heavy (non-hydrogen) atoms. The Labute approximate surface area is 111 Å². The van der Waals surface area contributed by atoms with Gasteiger partial charge in [-0.2, -0.15) is 0 Å². The summed E-state index contributed by atoms with van der Waals surface area (Å²) in [6.45, 7) is 2.20. The summed E-state index contributed by atoms with van der Waals surface area (Å²) in [6.07, 6.45) is 6.20. The Morgan fingerprint density at radius 1 is 1.50 bits per heavy atom. The van der Waals surface area contributed by atoms with Crippen molar-refractivity contribution in [2.45, 2.75) is 38.6 Å². The third-order valence-electron chi connectivity index (χ3n) is 3.55. The summed E-state index contributed by atoms with van der Waals surface area (Å²) in [5.41, 5.74) is 0.0950. The Bertz CT molecular complexity index is 451. The Balaban J connectivity index is 2.18. The van der Waals surface area contributed by atoms with Gasteiger partial charge in [-0.05, 0) is 24.8 Å². The highest BCUT2D eigenvalue weighted by molar-refractivity contribution is 6.35.